The summed E-state index contributed by atoms with van der Waals surface area (Å²) in [6, 6.07) is 40.6. The van der Waals surface area contributed by atoms with E-state index >= 15 is 0 Å². The first kappa shape index (κ1) is 39.2. The van der Waals surface area contributed by atoms with Crippen LogP contribution < -0.4 is 0 Å². The first-order valence-corrected chi connectivity index (χ1v) is 15.9. The van der Waals surface area contributed by atoms with Gasteiger partial charge in [-0.05, 0) is 45.4 Å². The number of aryl methyl sites for hydroxylation is 1. The third-order valence-corrected chi connectivity index (χ3v) is 8.78. The third kappa shape index (κ3) is 8.66. The largest absolute Gasteiger partial charge is 4.00 e. The van der Waals surface area contributed by atoms with Crippen LogP contribution in [-0.2, 0) is 43.5 Å². The van der Waals surface area contributed by atoms with Crippen molar-refractivity contribution in [2.24, 2.45) is 0 Å². The van der Waals surface area contributed by atoms with Crippen LogP contribution in [-0.4, -0.2) is 0 Å². The Morgan fingerprint density at radius 1 is 0.565 bits per heavy atom. The van der Waals surface area contributed by atoms with Crippen LogP contribution in [0.15, 0.2) is 109 Å². The van der Waals surface area contributed by atoms with Gasteiger partial charge in [-0.15, -0.1) is 69.1 Å². The Balaban J connectivity index is 0.000000301. The van der Waals surface area contributed by atoms with E-state index in [0.717, 1.165) is 6.42 Å². The summed E-state index contributed by atoms with van der Waals surface area (Å²) in [5, 5.41) is 5.44. The molecule has 0 N–H and O–H groups in total. The average Bonchev–Trinajstić information content (AvgIpc) is 3.61. The van der Waals surface area contributed by atoms with Crippen molar-refractivity contribution < 1.29 is 26.2 Å². The Kier molecular flexibility index (Phi) is 13.4. The normalized spacial score (nSPS) is 11.3. The number of rotatable bonds is 4. The maximum Gasteiger partial charge on any atom is 4.00 e. The van der Waals surface area contributed by atoms with Gasteiger partial charge in [0.1, 0.15) is 0 Å². The van der Waals surface area contributed by atoms with Gasteiger partial charge in [-0.2, -0.15) is 12.1 Å². The summed E-state index contributed by atoms with van der Waals surface area (Å²) in [6.07, 6.45) is 1.09. The van der Waals surface area contributed by atoms with Crippen molar-refractivity contribution in [1.82, 2.24) is 0 Å². The van der Waals surface area contributed by atoms with Crippen molar-refractivity contribution in [3.05, 3.63) is 146 Å². The van der Waals surface area contributed by atoms with Crippen LogP contribution in [0.2, 0.25) is 0 Å². The molecule has 0 nitrogen and oxygen atoms in total. The molecule has 0 aromatic heterocycles. The van der Waals surface area contributed by atoms with E-state index in [1.807, 2.05) is 0 Å². The van der Waals surface area contributed by atoms with Crippen LogP contribution in [0.3, 0.4) is 0 Å². The second-order valence-corrected chi connectivity index (χ2v) is 14.4. The molecule has 1 heteroatoms. The van der Waals surface area contributed by atoms with Crippen LogP contribution in [0.25, 0.3) is 43.8 Å². The van der Waals surface area contributed by atoms with Gasteiger partial charge in [0.15, 0.2) is 0 Å². The van der Waals surface area contributed by atoms with Crippen LogP contribution in [0, 0.1) is 14.9 Å². The van der Waals surface area contributed by atoms with Crippen molar-refractivity contribution in [2.75, 3.05) is 0 Å². The number of benzene rings is 4. The molecule has 0 spiro atoms. The molecule has 0 fully saturated rings. The molecule has 238 valence electrons. The second-order valence-electron chi connectivity index (χ2n) is 14.4. The predicted octanol–water partition coefficient (Wildman–Crippen LogP) is 13.6. The molecule has 46 heavy (non-hydrogen) atoms. The van der Waals surface area contributed by atoms with E-state index in [-0.39, 0.29) is 51.9 Å². The van der Waals surface area contributed by atoms with Crippen molar-refractivity contribution in [3.8, 4) is 22.3 Å². The van der Waals surface area contributed by atoms with Crippen molar-refractivity contribution in [1.29, 1.82) is 0 Å². The molecule has 0 atom stereocenters. The van der Waals surface area contributed by atoms with Gasteiger partial charge in [0.25, 0.3) is 0 Å². The van der Waals surface area contributed by atoms with Crippen LogP contribution >= 0.6 is 0 Å². The van der Waals surface area contributed by atoms with Gasteiger partial charge in [-0.25, -0.2) is 0 Å². The summed E-state index contributed by atoms with van der Waals surface area (Å²) in [4.78, 5) is 0. The van der Waals surface area contributed by atoms with Gasteiger partial charge in [0, 0.05) is 0 Å². The fourth-order valence-corrected chi connectivity index (χ4v) is 5.90. The molecule has 0 aliphatic rings. The van der Waals surface area contributed by atoms with Gasteiger partial charge in [-0.1, -0.05) is 134 Å². The molecule has 0 saturated carbocycles. The molecule has 0 aliphatic heterocycles. The molecule has 6 aromatic rings. The zero-order valence-corrected chi connectivity index (χ0v) is 32.6. The maximum atomic E-state index is 2.35. The topological polar surface area (TPSA) is 0 Å². The zero-order chi connectivity index (χ0) is 30.9. The van der Waals surface area contributed by atoms with Crippen molar-refractivity contribution in [3.63, 3.8) is 0 Å². The molecule has 0 aliphatic carbocycles. The van der Waals surface area contributed by atoms with E-state index in [1.165, 1.54) is 66.1 Å². The fourth-order valence-electron chi connectivity index (χ4n) is 5.90. The molecule has 6 aromatic carbocycles. The van der Waals surface area contributed by atoms with Gasteiger partial charge in [0.2, 0.25) is 0 Å². The SMILES string of the molecule is CC(C)c1cc2c(-c3ccc(C(C)(C)C)cc3)cccc2[cH-]1.CCc1cc2c(-c3ccc(C(C)(C)C)cc3)cccc2[cH-]1.[CH3-].[CH3-].[Zr+4]. The number of hydrogen-bond donors (Lipinski definition) is 0. The predicted molar refractivity (Wildman–Crippen MR) is 204 cm³/mol. The first-order valence-electron chi connectivity index (χ1n) is 15.9. The average molecular weight is 686 g/mol. The molecule has 0 heterocycles. The Hall–Kier alpha value is -3.02. The summed E-state index contributed by atoms with van der Waals surface area (Å²) in [6.45, 7) is 20.3. The van der Waals surface area contributed by atoms with E-state index in [1.54, 1.807) is 0 Å². The summed E-state index contributed by atoms with van der Waals surface area (Å²) < 4.78 is 0. The smallest absolute Gasteiger partial charge is 0.358 e. The summed E-state index contributed by atoms with van der Waals surface area (Å²) in [5.41, 5.74) is 11.3. The monoisotopic (exact) mass is 684 g/mol. The third-order valence-electron chi connectivity index (χ3n) is 8.78. The summed E-state index contributed by atoms with van der Waals surface area (Å²) in [5.74, 6) is 0.573. The van der Waals surface area contributed by atoms with Crippen molar-refractivity contribution in [2.45, 2.75) is 85.5 Å². The Labute approximate surface area is 300 Å². The summed E-state index contributed by atoms with van der Waals surface area (Å²) >= 11 is 0. The molecule has 0 bridgehead atoms. The molecule has 0 amide bonds. The Morgan fingerprint density at radius 3 is 1.37 bits per heavy atom. The number of fused-ring (bicyclic) bond motifs is 2. The van der Waals surface area contributed by atoms with Crippen LogP contribution in [0.1, 0.15) is 90.5 Å². The van der Waals surface area contributed by atoms with E-state index < -0.39 is 0 Å². The minimum Gasteiger partial charge on any atom is -0.358 e. The fraction of sp³-hybridized carbons (Fsp3) is 0.289. The molecule has 0 unspecified atom stereocenters. The molecule has 0 radical (unpaired) electrons. The molecule has 6 rings (SSSR count). The Bertz CT molecular complexity index is 1810. The molecular weight excluding hydrogens is 632 g/mol. The molecule has 0 saturated heterocycles. The minimum atomic E-state index is 0. The summed E-state index contributed by atoms with van der Waals surface area (Å²) in [7, 11) is 0. The van der Waals surface area contributed by atoms with Crippen molar-refractivity contribution >= 4 is 21.5 Å². The van der Waals surface area contributed by atoms with Gasteiger partial charge in [-0.3, -0.25) is 0 Å². The van der Waals surface area contributed by atoms with E-state index in [9.17, 15) is 0 Å². The minimum absolute atomic E-state index is 0. The second kappa shape index (κ2) is 15.7. The first-order chi connectivity index (χ1) is 20.3. The standard InChI is InChI=1S/C22H25.C21H23.2CH3.Zr/c1-15(2)18-13-17-7-6-8-20(21(17)14-18)16-9-11-19(12-10-16)22(3,4)5;1-5-15-13-17-7-6-8-19(20(17)14-15)16-9-11-18(12-10-16)21(2,3)4;;;/h6-15H,1-5H3;6-14H,5H2,1-4H3;2*1H3;/q4*-1;+4. The Morgan fingerprint density at radius 2 is 0.978 bits per heavy atom. The van der Waals surface area contributed by atoms with E-state index in [2.05, 4.69) is 172 Å². The van der Waals surface area contributed by atoms with Crippen LogP contribution in [0.4, 0.5) is 0 Å². The van der Waals surface area contributed by atoms with E-state index in [4.69, 9.17) is 0 Å². The van der Waals surface area contributed by atoms with Crippen LogP contribution in [0.5, 0.6) is 0 Å². The maximum absolute atomic E-state index is 2.35. The van der Waals surface area contributed by atoms with E-state index in [0.29, 0.717) is 5.92 Å². The quantitative estimate of drug-likeness (QED) is 0.162. The van der Waals surface area contributed by atoms with Gasteiger partial charge in [0.05, 0.1) is 0 Å². The van der Waals surface area contributed by atoms with Gasteiger partial charge >= 0.3 is 26.2 Å². The van der Waals surface area contributed by atoms with Gasteiger partial charge < -0.3 is 14.9 Å². The number of hydrogen-bond acceptors (Lipinski definition) is 0. The zero-order valence-electron chi connectivity index (χ0n) is 30.2. The molecular formula is C45H54Zr.